The van der Waals surface area contributed by atoms with Crippen LogP contribution in [-0.4, -0.2) is 94.5 Å². The van der Waals surface area contributed by atoms with Gasteiger partial charge in [-0.15, -0.1) is 0 Å². The van der Waals surface area contributed by atoms with Gasteiger partial charge in [0.1, 0.15) is 6.10 Å². The van der Waals surface area contributed by atoms with Gasteiger partial charge in [-0.3, -0.25) is 9.80 Å². The zero-order valence-corrected chi connectivity index (χ0v) is 28.9. The predicted octanol–water partition coefficient (Wildman–Crippen LogP) is 5.47. The summed E-state index contributed by atoms with van der Waals surface area (Å²) in [4.78, 5) is 64.4. The standard InChI is InChI=1S/C23H26N2O2.C18H14O8/c26-23(27-21-16-24-13-10-18(21)11-14-24)25-15-12-17-6-4-5-9-20(17)22(25)19-7-2-1-3-8-19;19-15(20)13(25-17(23)11-7-3-1-4-8-11)14(16(21)22)26-18(24)12-9-5-2-6-10-12/h1-9,18,21-22H,10-16H2;1-10,13-14H,(H,19,20)(H,21,22)/t21-,22+;13-,14-/m00/s1. The number of aliphatic carboxylic acids is 2. The molecule has 12 nitrogen and oxygen atoms in total. The van der Waals surface area contributed by atoms with E-state index in [0.717, 1.165) is 44.5 Å². The number of hydrogen-bond acceptors (Lipinski definition) is 9. The molecule has 2 N–H and O–H groups in total. The first-order valence-electron chi connectivity index (χ1n) is 17.5. The average molecular weight is 721 g/mol. The quantitative estimate of drug-likeness (QED) is 0.167. The van der Waals surface area contributed by atoms with Crippen molar-refractivity contribution in [3.63, 3.8) is 0 Å². The third kappa shape index (κ3) is 8.90. The van der Waals surface area contributed by atoms with Gasteiger partial charge in [0, 0.05) is 13.1 Å². The highest BCUT2D eigenvalue weighted by molar-refractivity contribution is 5.95. The van der Waals surface area contributed by atoms with Crippen molar-refractivity contribution in [3.05, 3.63) is 143 Å². The number of carboxylic acid groups (broad SMARTS) is 2. The summed E-state index contributed by atoms with van der Waals surface area (Å²) in [6.45, 7) is 3.91. The summed E-state index contributed by atoms with van der Waals surface area (Å²) in [7, 11) is 0. The van der Waals surface area contributed by atoms with Crippen LogP contribution in [0.5, 0.6) is 0 Å². The number of carbonyl (C=O) groups is 5. The van der Waals surface area contributed by atoms with Gasteiger partial charge in [-0.05, 0) is 79.2 Å². The molecule has 3 fully saturated rings. The van der Waals surface area contributed by atoms with Crippen LogP contribution in [0.2, 0.25) is 0 Å². The van der Waals surface area contributed by atoms with Crippen LogP contribution in [0.1, 0.15) is 56.3 Å². The monoisotopic (exact) mass is 720 g/mol. The van der Waals surface area contributed by atoms with Crippen LogP contribution in [0, 0.1) is 5.92 Å². The second kappa shape index (κ2) is 17.0. The van der Waals surface area contributed by atoms with Crippen molar-refractivity contribution in [2.24, 2.45) is 5.92 Å². The fourth-order valence-electron chi connectivity index (χ4n) is 7.00. The van der Waals surface area contributed by atoms with Gasteiger partial charge in [-0.25, -0.2) is 24.0 Å². The Morgan fingerprint density at radius 3 is 1.60 bits per heavy atom. The molecule has 4 aliphatic rings. The SMILES string of the molecule is O=C(O[C@H](C(=O)O)[C@H](OC(=O)c1ccccc1)C(=O)O)c1ccccc1.O=C(O[C@H]1CN2CCC1CC2)N1CCc2ccccc2[C@H]1c1ccccc1. The molecule has 4 heterocycles. The van der Waals surface area contributed by atoms with Crippen molar-refractivity contribution in [1.29, 1.82) is 0 Å². The number of amides is 1. The molecule has 0 saturated carbocycles. The highest BCUT2D eigenvalue weighted by Crippen LogP contribution is 2.37. The summed E-state index contributed by atoms with van der Waals surface area (Å²) in [6.07, 6.45) is -1.34. The Morgan fingerprint density at radius 2 is 1.11 bits per heavy atom. The van der Waals surface area contributed by atoms with Crippen LogP contribution in [0.3, 0.4) is 0 Å². The number of esters is 2. The fraction of sp³-hybridized carbons (Fsp3) is 0.293. The fourth-order valence-corrected chi connectivity index (χ4v) is 7.00. The zero-order chi connectivity index (χ0) is 37.3. The van der Waals surface area contributed by atoms with E-state index in [9.17, 15) is 34.2 Å². The Morgan fingerprint density at radius 1 is 0.623 bits per heavy atom. The average Bonchev–Trinajstić information content (AvgIpc) is 3.20. The van der Waals surface area contributed by atoms with Gasteiger partial charge in [0.2, 0.25) is 12.2 Å². The Hall–Kier alpha value is -6.01. The molecule has 2 bridgehead atoms. The largest absolute Gasteiger partial charge is 0.478 e. The second-order valence-corrected chi connectivity index (χ2v) is 13.1. The minimum absolute atomic E-state index is 0.0253. The highest BCUT2D eigenvalue weighted by atomic mass is 16.6. The van der Waals surface area contributed by atoms with E-state index in [1.165, 1.54) is 59.7 Å². The van der Waals surface area contributed by atoms with E-state index in [1.54, 1.807) is 12.1 Å². The first-order valence-corrected chi connectivity index (χ1v) is 17.5. The van der Waals surface area contributed by atoms with Gasteiger partial charge in [0.05, 0.1) is 17.2 Å². The molecule has 4 aliphatic heterocycles. The van der Waals surface area contributed by atoms with Crippen molar-refractivity contribution in [1.82, 2.24) is 9.80 Å². The molecule has 4 aromatic rings. The first kappa shape index (κ1) is 36.8. The van der Waals surface area contributed by atoms with Crippen molar-refractivity contribution in [2.75, 3.05) is 26.2 Å². The highest BCUT2D eigenvalue weighted by Gasteiger charge is 2.42. The number of carboxylic acids is 2. The van der Waals surface area contributed by atoms with Crippen LogP contribution in [0.15, 0.2) is 115 Å². The number of carbonyl (C=O) groups excluding carboxylic acids is 3. The summed E-state index contributed by atoms with van der Waals surface area (Å²) in [5.41, 5.74) is 3.75. The summed E-state index contributed by atoms with van der Waals surface area (Å²) < 4.78 is 15.6. The number of fused-ring (bicyclic) bond motifs is 4. The maximum Gasteiger partial charge on any atom is 0.410 e. The molecule has 8 rings (SSSR count). The maximum atomic E-state index is 13.2. The molecule has 53 heavy (non-hydrogen) atoms. The molecule has 0 unspecified atom stereocenters. The summed E-state index contributed by atoms with van der Waals surface area (Å²) in [5.74, 6) is -5.10. The number of nitrogens with zero attached hydrogens (tertiary/aromatic N) is 2. The Kier molecular flexibility index (Phi) is 11.8. The van der Waals surface area contributed by atoms with Crippen LogP contribution in [-0.2, 0) is 30.2 Å². The Bertz CT molecular complexity index is 1830. The third-order valence-corrected chi connectivity index (χ3v) is 9.73. The van der Waals surface area contributed by atoms with Crippen LogP contribution in [0.4, 0.5) is 4.79 Å². The molecular formula is C41H40N2O10. The van der Waals surface area contributed by atoms with Gasteiger partial charge in [-0.1, -0.05) is 91.0 Å². The molecule has 0 radical (unpaired) electrons. The minimum Gasteiger partial charge on any atom is -0.478 e. The van der Waals surface area contributed by atoms with E-state index in [2.05, 4.69) is 41.3 Å². The van der Waals surface area contributed by atoms with E-state index in [4.69, 9.17) is 14.2 Å². The van der Waals surface area contributed by atoms with Crippen molar-refractivity contribution >= 4 is 30.0 Å². The van der Waals surface area contributed by atoms with Crippen LogP contribution >= 0.6 is 0 Å². The number of ether oxygens (including phenoxy) is 3. The Balaban J connectivity index is 0.000000182. The van der Waals surface area contributed by atoms with Crippen molar-refractivity contribution < 1.29 is 48.4 Å². The van der Waals surface area contributed by atoms with E-state index >= 15 is 0 Å². The third-order valence-electron chi connectivity index (χ3n) is 9.73. The molecule has 4 atom stereocenters. The normalized spacial score (nSPS) is 21.0. The first-order chi connectivity index (χ1) is 25.7. The second-order valence-electron chi connectivity index (χ2n) is 13.1. The molecule has 4 aromatic carbocycles. The van der Waals surface area contributed by atoms with E-state index in [-0.39, 0.29) is 29.4 Å². The van der Waals surface area contributed by atoms with E-state index < -0.39 is 36.1 Å². The Labute approximate surface area is 306 Å². The van der Waals surface area contributed by atoms with Crippen LogP contribution in [0.25, 0.3) is 0 Å². The summed E-state index contributed by atoms with van der Waals surface area (Å²) >= 11 is 0. The van der Waals surface area contributed by atoms with Gasteiger partial charge in [0.15, 0.2) is 0 Å². The molecule has 0 aliphatic carbocycles. The lowest BCUT2D eigenvalue weighted by Gasteiger charge is -2.45. The van der Waals surface area contributed by atoms with Crippen molar-refractivity contribution in [2.45, 2.75) is 43.6 Å². The number of hydrogen-bond donors (Lipinski definition) is 2. The smallest absolute Gasteiger partial charge is 0.410 e. The number of rotatable bonds is 9. The molecule has 1 amide bonds. The lowest BCUT2D eigenvalue weighted by molar-refractivity contribution is -0.166. The molecule has 3 saturated heterocycles. The lowest BCUT2D eigenvalue weighted by atomic mass is 9.86. The van der Waals surface area contributed by atoms with Gasteiger partial charge >= 0.3 is 30.0 Å². The number of benzene rings is 4. The van der Waals surface area contributed by atoms with Gasteiger partial charge < -0.3 is 24.4 Å². The molecule has 0 aromatic heterocycles. The predicted molar refractivity (Wildman–Crippen MR) is 191 cm³/mol. The van der Waals surface area contributed by atoms with Gasteiger partial charge in [-0.2, -0.15) is 0 Å². The molecule has 274 valence electrons. The van der Waals surface area contributed by atoms with E-state index in [0.29, 0.717) is 12.5 Å². The van der Waals surface area contributed by atoms with Crippen LogP contribution < -0.4 is 0 Å². The summed E-state index contributed by atoms with van der Waals surface area (Å²) in [6, 6.07) is 33.6. The zero-order valence-electron chi connectivity index (χ0n) is 28.9. The molecule has 12 heteroatoms. The maximum absolute atomic E-state index is 13.2. The molecular weight excluding hydrogens is 680 g/mol. The molecule has 0 spiro atoms. The topological polar surface area (TPSA) is 160 Å². The van der Waals surface area contributed by atoms with Crippen molar-refractivity contribution in [3.8, 4) is 0 Å². The summed E-state index contributed by atoms with van der Waals surface area (Å²) in [5, 5.41) is 18.5. The minimum atomic E-state index is -2.21. The van der Waals surface area contributed by atoms with E-state index in [1.807, 2.05) is 23.1 Å². The number of piperidine rings is 3. The lowest BCUT2D eigenvalue weighted by Crippen LogP contribution is -2.53. The van der Waals surface area contributed by atoms with Gasteiger partial charge in [0.25, 0.3) is 0 Å².